The van der Waals surface area contributed by atoms with Crippen LogP contribution in [-0.4, -0.2) is 66.8 Å². The van der Waals surface area contributed by atoms with Crippen LogP contribution >= 0.6 is 0 Å². The topological polar surface area (TPSA) is 116 Å². The van der Waals surface area contributed by atoms with E-state index in [9.17, 15) is 9.59 Å². The number of carboxylic acids is 1. The lowest BCUT2D eigenvalue weighted by Gasteiger charge is -2.44. The molecule has 3 heterocycles. The Morgan fingerprint density at radius 3 is 2.38 bits per heavy atom. The third-order valence-electron chi connectivity index (χ3n) is 5.48. The lowest BCUT2D eigenvalue weighted by molar-refractivity contribution is -0.133. The van der Waals surface area contributed by atoms with Crippen LogP contribution < -0.4 is 10.2 Å². The van der Waals surface area contributed by atoms with Crippen molar-refractivity contribution in [1.29, 1.82) is 0 Å². The highest BCUT2D eigenvalue weighted by Gasteiger charge is 2.31. The standard InChI is InChI=1S/C22H25N7O3/c1-14-11-27(12-15(2)29(14)16(3)30)20-10-19(8-9-23-20)28-13-24-22(26-28)25-18-6-4-17(5-7-18)21(31)32/h4-10,13-15H,11-12H2,1-3H3,(H,25,26)(H,31,32)/t14-,15+. The van der Waals surface area contributed by atoms with Gasteiger partial charge in [-0.15, -0.1) is 5.10 Å². The minimum atomic E-state index is -0.973. The summed E-state index contributed by atoms with van der Waals surface area (Å²) in [6, 6.07) is 10.4. The van der Waals surface area contributed by atoms with E-state index in [1.165, 1.54) is 12.1 Å². The van der Waals surface area contributed by atoms with Gasteiger partial charge in [-0.3, -0.25) is 4.79 Å². The Balaban J connectivity index is 1.49. The highest BCUT2D eigenvalue weighted by Crippen LogP contribution is 2.23. The molecular formula is C22H25N7O3. The van der Waals surface area contributed by atoms with Crippen LogP contribution in [0, 0.1) is 0 Å². The number of carbonyl (C=O) groups excluding carboxylic acids is 1. The minimum absolute atomic E-state index is 0.0894. The Bertz CT molecular complexity index is 1120. The summed E-state index contributed by atoms with van der Waals surface area (Å²) in [5, 5.41) is 16.5. The van der Waals surface area contributed by atoms with E-state index in [2.05, 4.69) is 25.3 Å². The summed E-state index contributed by atoms with van der Waals surface area (Å²) in [6.45, 7) is 7.12. The number of piperazine rings is 1. The number of nitrogens with one attached hydrogen (secondary N) is 1. The number of rotatable bonds is 5. The first-order valence-electron chi connectivity index (χ1n) is 10.3. The molecule has 1 aliphatic heterocycles. The highest BCUT2D eigenvalue weighted by molar-refractivity contribution is 5.88. The number of carboxylic acid groups (broad SMARTS) is 1. The van der Waals surface area contributed by atoms with E-state index >= 15 is 0 Å². The molecule has 2 N–H and O–H groups in total. The molecule has 0 aliphatic carbocycles. The van der Waals surface area contributed by atoms with Crippen molar-refractivity contribution in [2.45, 2.75) is 32.9 Å². The summed E-state index contributed by atoms with van der Waals surface area (Å²) in [6.07, 6.45) is 3.34. The first-order chi connectivity index (χ1) is 15.3. The summed E-state index contributed by atoms with van der Waals surface area (Å²) < 4.78 is 1.65. The van der Waals surface area contributed by atoms with Gasteiger partial charge < -0.3 is 20.2 Å². The molecule has 0 radical (unpaired) electrons. The number of hydrogen-bond acceptors (Lipinski definition) is 7. The van der Waals surface area contributed by atoms with Gasteiger partial charge in [-0.25, -0.2) is 14.5 Å². The molecule has 32 heavy (non-hydrogen) atoms. The van der Waals surface area contributed by atoms with Gasteiger partial charge in [0.25, 0.3) is 0 Å². The highest BCUT2D eigenvalue weighted by atomic mass is 16.4. The molecule has 1 amide bonds. The quantitative estimate of drug-likeness (QED) is 0.628. The fourth-order valence-corrected chi connectivity index (χ4v) is 4.12. The predicted molar refractivity (Wildman–Crippen MR) is 119 cm³/mol. The van der Waals surface area contributed by atoms with E-state index in [4.69, 9.17) is 5.11 Å². The van der Waals surface area contributed by atoms with Crippen molar-refractivity contribution in [3.63, 3.8) is 0 Å². The molecule has 0 spiro atoms. The fourth-order valence-electron chi connectivity index (χ4n) is 4.12. The van der Waals surface area contributed by atoms with Gasteiger partial charge in [0.15, 0.2) is 0 Å². The summed E-state index contributed by atoms with van der Waals surface area (Å²) in [5.74, 6) is 0.327. The van der Waals surface area contributed by atoms with Gasteiger partial charge in [-0.1, -0.05) is 0 Å². The van der Waals surface area contributed by atoms with E-state index in [1.807, 2.05) is 30.9 Å². The first-order valence-corrected chi connectivity index (χ1v) is 10.3. The molecule has 0 unspecified atom stereocenters. The summed E-state index contributed by atoms with van der Waals surface area (Å²) in [5.41, 5.74) is 1.71. The largest absolute Gasteiger partial charge is 0.478 e. The first kappa shape index (κ1) is 21.3. The second-order valence-electron chi connectivity index (χ2n) is 7.92. The molecule has 1 aliphatic rings. The molecule has 2 atom stereocenters. The summed E-state index contributed by atoms with van der Waals surface area (Å²) in [7, 11) is 0. The van der Waals surface area contributed by atoms with Gasteiger partial charge in [0.05, 0.1) is 11.3 Å². The van der Waals surface area contributed by atoms with Gasteiger partial charge in [0, 0.05) is 50.0 Å². The number of benzene rings is 1. The van der Waals surface area contributed by atoms with Gasteiger partial charge in [0.1, 0.15) is 12.1 Å². The number of carbonyl (C=O) groups is 2. The Kier molecular flexibility index (Phi) is 5.76. The lowest BCUT2D eigenvalue weighted by atomic mass is 10.1. The Labute approximate surface area is 185 Å². The van der Waals surface area contributed by atoms with Crippen molar-refractivity contribution in [2.24, 2.45) is 0 Å². The second kappa shape index (κ2) is 8.66. The van der Waals surface area contributed by atoms with Crippen molar-refractivity contribution < 1.29 is 14.7 Å². The number of aromatic carboxylic acids is 1. The molecule has 10 heteroatoms. The van der Waals surface area contributed by atoms with E-state index < -0.39 is 5.97 Å². The maximum atomic E-state index is 11.9. The molecule has 1 aromatic carbocycles. The maximum Gasteiger partial charge on any atom is 0.335 e. The van der Waals surface area contributed by atoms with Crippen molar-refractivity contribution in [3.05, 3.63) is 54.5 Å². The number of aromatic nitrogens is 4. The average Bonchev–Trinajstić information content (AvgIpc) is 3.22. The fraction of sp³-hybridized carbons (Fsp3) is 0.318. The molecule has 1 saturated heterocycles. The number of anilines is 3. The molecule has 3 aromatic rings. The molecule has 1 fully saturated rings. The SMILES string of the molecule is CC(=O)N1[C@H](C)CN(c2cc(-n3cnc(Nc4ccc(C(=O)O)cc4)n3)ccn2)C[C@@H]1C. The van der Waals surface area contributed by atoms with Crippen LogP contribution in [-0.2, 0) is 4.79 Å². The average molecular weight is 435 g/mol. The minimum Gasteiger partial charge on any atom is -0.478 e. The molecule has 4 rings (SSSR count). The Hall–Kier alpha value is -3.95. The Morgan fingerprint density at radius 1 is 1.06 bits per heavy atom. The van der Waals surface area contributed by atoms with Crippen LogP contribution in [0.2, 0.25) is 0 Å². The van der Waals surface area contributed by atoms with Crippen LogP contribution in [0.1, 0.15) is 31.1 Å². The van der Waals surface area contributed by atoms with Crippen LogP contribution in [0.3, 0.4) is 0 Å². The number of nitrogens with zero attached hydrogens (tertiary/aromatic N) is 6. The molecule has 0 bridgehead atoms. The number of amides is 1. The van der Waals surface area contributed by atoms with Crippen molar-refractivity contribution in [1.82, 2.24) is 24.6 Å². The lowest BCUT2D eigenvalue weighted by Crippen LogP contribution is -2.58. The van der Waals surface area contributed by atoms with Crippen molar-refractivity contribution in [3.8, 4) is 5.69 Å². The zero-order chi connectivity index (χ0) is 22.8. The third-order valence-corrected chi connectivity index (χ3v) is 5.48. The third kappa shape index (κ3) is 4.39. The molecule has 10 nitrogen and oxygen atoms in total. The van der Waals surface area contributed by atoms with Gasteiger partial charge in [-0.05, 0) is 44.2 Å². The monoisotopic (exact) mass is 435 g/mol. The van der Waals surface area contributed by atoms with Crippen LogP contribution in [0.4, 0.5) is 17.5 Å². The zero-order valence-corrected chi connectivity index (χ0v) is 18.1. The Morgan fingerprint density at radius 2 is 1.75 bits per heavy atom. The van der Waals surface area contributed by atoms with Crippen molar-refractivity contribution in [2.75, 3.05) is 23.3 Å². The van der Waals surface area contributed by atoms with E-state index in [-0.39, 0.29) is 23.6 Å². The molecule has 166 valence electrons. The van der Waals surface area contributed by atoms with Crippen LogP contribution in [0.15, 0.2) is 48.9 Å². The molecular weight excluding hydrogens is 410 g/mol. The maximum absolute atomic E-state index is 11.9. The number of hydrogen-bond donors (Lipinski definition) is 2. The normalized spacial score (nSPS) is 18.5. The number of pyridine rings is 1. The second-order valence-corrected chi connectivity index (χ2v) is 7.92. The van der Waals surface area contributed by atoms with Crippen LogP contribution in [0.25, 0.3) is 5.69 Å². The van der Waals surface area contributed by atoms with E-state index in [0.29, 0.717) is 24.7 Å². The zero-order valence-electron chi connectivity index (χ0n) is 18.1. The summed E-state index contributed by atoms with van der Waals surface area (Å²) >= 11 is 0. The predicted octanol–water partition coefficient (Wildman–Crippen LogP) is 2.55. The summed E-state index contributed by atoms with van der Waals surface area (Å²) in [4.78, 5) is 35.8. The van der Waals surface area contributed by atoms with Gasteiger partial charge in [0.2, 0.25) is 11.9 Å². The van der Waals surface area contributed by atoms with Crippen molar-refractivity contribution >= 4 is 29.3 Å². The van der Waals surface area contributed by atoms with Crippen LogP contribution in [0.5, 0.6) is 0 Å². The van der Waals surface area contributed by atoms with E-state index in [0.717, 1.165) is 11.5 Å². The van der Waals surface area contributed by atoms with E-state index in [1.54, 1.807) is 36.3 Å². The molecule has 0 saturated carbocycles. The van der Waals surface area contributed by atoms with Gasteiger partial charge in [-0.2, -0.15) is 4.98 Å². The smallest absolute Gasteiger partial charge is 0.335 e. The molecule has 2 aromatic heterocycles. The van der Waals surface area contributed by atoms with Gasteiger partial charge >= 0.3 is 5.97 Å².